The van der Waals surface area contributed by atoms with E-state index in [9.17, 15) is 4.79 Å². The Kier molecular flexibility index (Phi) is 4.20. The monoisotopic (exact) mass is 270 g/mol. The van der Waals surface area contributed by atoms with Gasteiger partial charge in [0.1, 0.15) is 0 Å². The lowest BCUT2D eigenvalue weighted by molar-refractivity contribution is 0.0963. The largest absolute Gasteiger partial charge is 0.399 e. The highest BCUT2D eigenvalue weighted by atomic mass is 16.1. The number of nitrogen functional groups attached to an aromatic ring is 1. The molecule has 0 fully saturated rings. The molecule has 0 saturated carbocycles. The number of nitrogens with two attached hydrogens (primary N) is 1. The third kappa shape index (κ3) is 3.06. The quantitative estimate of drug-likeness (QED) is 0.829. The van der Waals surface area contributed by atoms with E-state index in [1.165, 1.54) is 0 Å². The maximum Gasteiger partial charge on any atom is 0.253 e. The van der Waals surface area contributed by atoms with Gasteiger partial charge in [0.25, 0.3) is 5.91 Å². The van der Waals surface area contributed by atoms with Crippen LogP contribution in [0.15, 0.2) is 42.6 Å². The van der Waals surface area contributed by atoms with E-state index in [1.54, 1.807) is 31.4 Å². The van der Waals surface area contributed by atoms with Crippen LogP contribution >= 0.6 is 0 Å². The molecule has 5 nitrogen and oxygen atoms in total. The number of rotatable bonds is 4. The Balaban J connectivity index is 2.31. The van der Waals surface area contributed by atoms with Crippen LogP contribution in [0.2, 0.25) is 0 Å². The lowest BCUT2D eigenvalue weighted by Crippen LogP contribution is -2.24. The first kappa shape index (κ1) is 13.9. The van der Waals surface area contributed by atoms with E-state index in [1.807, 2.05) is 30.1 Å². The molecule has 0 aliphatic carbocycles. The van der Waals surface area contributed by atoms with Gasteiger partial charge >= 0.3 is 0 Å². The average Bonchev–Trinajstić information content (AvgIpc) is 2.47. The van der Waals surface area contributed by atoms with Crippen LogP contribution < -0.4 is 16.0 Å². The van der Waals surface area contributed by atoms with Gasteiger partial charge in [0, 0.05) is 26.0 Å². The zero-order valence-corrected chi connectivity index (χ0v) is 11.6. The van der Waals surface area contributed by atoms with Crippen LogP contribution in [0.3, 0.4) is 0 Å². The smallest absolute Gasteiger partial charge is 0.253 e. The number of nitrogens with zero attached hydrogens (tertiary/aromatic N) is 2. The molecule has 5 heteroatoms. The van der Waals surface area contributed by atoms with Crippen molar-refractivity contribution >= 4 is 17.3 Å². The van der Waals surface area contributed by atoms with Crippen LogP contribution in [0.1, 0.15) is 16.1 Å². The van der Waals surface area contributed by atoms with Crippen LogP contribution in [0, 0.1) is 0 Å². The second-order valence-electron chi connectivity index (χ2n) is 4.53. The minimum Gasteiger partial charge on any atom is -0.399 e. The molecule has 0 atom stereocenters. The van der Waals surface area contributed by atoms with Gasteiger partial charge in [0.2, 0.25) is 0 Å². The molecule has 0 spiro atoms. The number of carbonyl (C=O) groups excluding carboxylic acids is 1. The van der Waals surface area contributed by atoms with Crippen molar-refractivity contribution < 1.29 is 4.79 Å². The van der Waals surface area contributed by atoms with Gasteiger partial charge in [-0.15, -0.1) is 0 Å². The first-order valence-corrected chi connectivity index (χ1v) is 6.34. The van der Waals surface area contributed by atoms with E-state index in [-0.39, 0.29) is 5.91 Å². The fourth-order valence-corrected chi connectivity index (χ4v) is 2.01. The van der Waals surface area contributed by atoms with Crippen LogP contribution in [0.4, 0.5) is 11.4 Å². The van der Waals surface area contributed by atoms with Gasteiger partial charge in [-0.1, -0.05) is 6.07 Å². The maximum atomic E-state index is 11.9. The third-order valence-electron chi connectivity index (χ3n) is 3.03. The number of nitrogens with one attached hydrogen (secondary N) is 1. The number of hydrogen-bond donors (Lipinski definition) is 2. The van der Waals surface area contributed by atoms with Crippen molar-refractivity contribution in [3.8, 4) is 0 Å². The van der Waals surface area contributed by atoms with Crippen LogP contribution in [0.5, 0.6) is 0 Å². The van der Waals surface area contributed by atoms with E-state index in [0.717, 1.165) is 11.4 Å². The van der Waals surface area contributed by atoms with Gasteiger partial charge in [-0.2, -0.15) is 0 Å². The average molecular weight is 270 g/mol. The number of aromatic nitrogens is 1. The summed E-state index contributed by atoms with van der Waals surface area (Å²) in [5.74, 6) is -0.132. The molecule has 2 rings (SSSR count). The molecule has 0 unspecified atom stereocenters. The number of anilines is 2. The number of amides is 1. The summed E-state index contributed by atoms with van der Waals surface area (Å²) in [7, 11) is 3.52. The first-order valence-electron chi connectivity index (χ1n) is 6.34. The van der Waals surface area contributed by atoms with Gasteiger partial charge < -0.3 is 16.0 Å². The summed E-state index contributed by atoms with van der Waals surface area (Å²) < 4.78 is 0. The summed E-state index contributed by atoms with van der Waals surface area (Å²) in [6.45, 7) is 0.605. The molecular formula is C15H18N4O. The minimum atomic E-state index is -0.132. The minimum absolute atomic E-state index is 0.132. The first-order chi connectivity index (χ1) is 9.61. The number of carbonyl (C=O) groups is 1. The molecule has 0 aliphatic rings. The molecule has 0 bridgehead atoms. The summed E-state index contributed by atoms with van der Waals surface area (Å²) >= 11 is 0. The summed E-state index contributed by atoms with van der Waals surface area (Å²) in [6.07, 6.45) is 1.75. The Morgan fingerprint density at radius 2 is 2.15 bits per heavy atom. The van der Waals surface area contributed by atoms with Crippen LogP contribution in [0.25, 0.3) is 0 Å². The van der Waals surface area contributed by atoms with Crippen molar-refractivity contribution in [2.24, 2.45) is 0 Å². The van der Waals surface area contributed by atoms with E-state index in [0.29, 0.717) is 17.8 Å². The van der Waals surface area contributed by atoms with Gasteiger partial charge in [-0.3, -0.25) is 9.78 Å². The van der Waals surface area contributed by atoms with Crippen molar-refractivity contribution in [1.82, 2.24) is 10.3 Å². The number of pyridine rings is 1. The SMILES string of the molecule is CNC(=O)c1ccc(N)cc1N(C)Cc1ccccn1. The van der Waals surface area contributed by atoms with E-state index in [4.69, 9.17) is 5.73 Å². The fraction of sp³-hybridized carbons (Fsp3) is 0.200. The highest BCUT2D eigenvalue weighted by Crippen LogP contribution is 2.23. The van der Waals surface area contributed by atoms with Gasteiger partial charge in [-0.25, -0.2) is 0 Å². The summed E-state index contributed by atoms with van der Waals surface area (Å²) in [6, 6.07) is 11.0. The second-order valence-corrected chi connectivity index (χ2v) is 4.53. The molecule has 104 valence electrons. The molecule has 1 aromatic carbocycles. The van der Waals surface area contributed by atoms with E-state index >= 15 is 0 Å². The molecular weight excluding hydrogens is 252 g/mol. The molecule has 0 saturated heterocycles. The molecule has 0 radical (unpaired) electrons. The third-order valence-corrected chi connectivity index (χ3v) is 3.03. The summed E-state index contributed by atoms with van der Waals surface area (Å²) in [5, 5.41) is 2.64. The summed E-state index contributed by atoms with van der Waals surface area (Å²) in [4.78, 5) is 18.2. The molecule has 3 N–H and O–H groups in total. The Bertz CT molecular complexity index is 598. The van der Waals surface area contributed by atoms with E-state index < -0.39 is 0 Å². The van der Waals surface area contributed by atoms with Crippen molar-refractivity contribution in [3.05, 3.63) is 53.9 Å². The Labute approximate surface area is 118 Å². The Morgan fingerprint density at radius 3 is 2.80 bits per heavy atom. The van der Waals surface area contributed by atoms with Gasteiger partial charge in [0.05, 0.1) is 23.5 Å². The van der Waals surface area contributed by atoms with Crippen molar-refractivity contribution in [3.63, 3.8) is 0 Å². The van der Waals surface area contributed by atoms with Crippen LogP contribution in [-0.2, 0) is 6.54 Å². The van der Waals surface area contributed by atoms with Gasteiger partial charge in [-0.05, 0) is 30.3 Å². The van der Waals surface area contributed by atoms with Crippen molar-refractivity contribution in [2.45, 2.75) is 6.54 Å². The maximum absolute atomic E-state index is 11.9. The molecule has 2 aromatic rings. The van der Waals surface area contributed by atoms with Crippen molar-refractivity contribution in [1.29, 1.82) is 0 Å². The zero-order valence-electron chi connectivity index (χ0n) is 11.6. The predicted octanol–water partition coefficient (Wildman–Crippen LogP) is 1.66. The van der Waals surface area contributed by atoms with E-state index in [2.05, 4.69) is 10.3 Å². The fourth-order valence-electron chi connectivity index (χ4n) is 2.01. The summed E-state index contributed by atoms with van der Waals surface area (Å²) in [5.41, 5.74) is 8.77. The molecule has 0 aliphatic heterocycles. The molecule has 1 heterocycles. The highest BCUT2D eigenvalue weighted by molar-refractivity contribution is 6.00. The standard InChI is InChI=1S/C15H18N4O/c1-17-15(20)13-7-6-11(16)9-14(13)19(2)10-12-5-3-4-8-18-12/h3-9H,10,16H2,1-2H3,(H,17,20). The predicted molar refractivity (Wildman–Crippen MR) is 80.6 cm³/mol. The number of hydrogen-bond acceptors (Lipinski definition) is 4. The topological polar surface area (TPSA) is 71.2 Å². The van der Waals surface area contributed by atoms with Crippen molar-refractivity contribution in [2.75, 3.05) is 24.7 Å². The molecule has 1 aromatic heterocycles. The molecule has 1 amide bonds. The van der Waals surface area contributed by atoms with Gasteiger partial charge in [0.15, 0.2) is 0 Å². The second kappa shape index (κ2) is 6.06. The van der Waals surface area contributed by atoms with Crippen LogP contribution in [-0.4, -0.2) is 25.0 Å². The number of benzene rings is 1. The zero-order chi connectivity index (χ0) is 14.5. The Morgan fingerprint density at radius 1 is 1.35 bits per heavy atom. The lowest BCUT2D eigenvalue weighted by atomic mass is 10.1. The molecule has 20 heavy (non-hydrogen) atoms. The lowest BCUT2D eigenvalue weighted by Gasteiger charge is -2.22. The Hall–Kier alpha value is -2.56. The highest BCUT2D eigenvalue weighted by Gasteiger charge is 2.14. The normalized spacial score (nSPS) is 10.1.